The van der Waals surface area contributed by atoms with Crippen molar-refractivity contribution in [2.45, 2.75) is 6.92 Å². The quantitative estimate of drug-likeness (QED) is 0.378. The van der Waals surface area contributed by atoms with Crippen molar-refractivity contribution < 1.29 is 23.9 Å². The molecule has 1 aliphatic heterocycles. The van der Waals surface area contributed by atoms with Crippen molar-refractivity contribution in [1.29, 1.82) is 0 Å². The molecule has 0 atom stereocenters. The predicted octanol–water partition coefficient (Wildman–Crippen LogP) is -0.483. The number of ether oxygens (including phenoxy) is 2. The lowest BCUT2D eigenvalue weighted by Crippen LogP contribution is -2.13. The summed E-state index contributed by atoms with van der Waals surface area (Å²) in [6.07, 6.45) is 0.812. The smallest absolute Gasteiger partial charge is 0.388 e. The van der Waals surface area contributed by atoms with E-state index in [1.165, 1.54) is 0 Å². The Balaban J connectivity index is 2.68. The van der Waals surface area contributed by atoms with E-state index >= 15 is 0 Å². The maximum absolute atomic E-state index is 10.6. The standard InChI is InChI=1S/C6H4O5/c1-3(7)11-4-2-10-6(9)5(4)8/h2H,1H3. The van der Waals surface area contributed by atoms with Gasteiger partial charge in [0.1, 0.15) is 6.26 Å². The fourth-order valence-electron chi connectivity index (χ4n) is 0.540. The number of hydrogen-bond acceptors (Lipinski definition) is 5. The first-order chi connectivity index (χ1) is 5.11. The molecule has 1 heterocycles. The van der Waals surface area contributed by atoms with Crippen LogP contribution in [-0.4, -0.2) is 17.7 Å². The number of esters is 2. The van der Waals surface area contributed by atoms with Crippen molar-refractivity contribution in [3.63, 3.8) is 0 Å². The highest BCUT2D eigenvalue weighted by atomic mass is 16.6. The third-order valence-electron chi connectivity index (χ3n) is 0.936. The maximum atomic E-state index is 10.6. The predicted molar refractivity (Wildman–Crippen MR) is 30.9 cm³/mol. The van der Waals surface area contributed by atoms with Gasteiger partial charge in [0.05, 0.1) is 0 Å². The van der Waals surface area contributed by atoms with Gasteiger partial charge in [-0.3, -0.25) is 9.59 Å². The number of carbonyl (C=O) groups excluding carboxylic acids is 3. The van der Waals surface area contributed by atoms with Crippen LogP contribution in [0.2, 0.25) is 0 Å². The first-order valence-corrected chi connectivity index (χ1v) is 2.75. The van der Waals surface area contributed by atoms with Crippen LogP contribution in [0.15, 0.2) is 12.0 Å². The van der Waals surface area contributed by atoms with Crippen LogP contribution < -0.4 is 0 Å². The summed E-state index contributed by atoms with van der Waals surface area (Å²) in [6.45, 7) is 1.12. The van der Waals surface area contributed by atoms with Gasteiger partial charge in [0.15, 0.2) is 0 Å². The summed E-state index contributed by atoms with van der Waals surface area (Å²) in [5.41, 5.74) is 0. The Morgan fingerprint density at radius 2 is 2.18 bits per heavy atom. The van der Waals surface area contributed by atoms with E-state index in [0.717, 1.165) is 13.2 Å². The summed E-state index contributed by atoms with van der Waals surface area (Å²) >= 11 is 0. The van der Waals surface area contributed by atoms with E-state index in [4.69, 9.17) is 0 Å². The van der Waals surface area contributed by atoms with Gasteiger partial charge in [-0.2, -0.15) is 0 Å². The summed E-state index contributed by atoms with van der Waals surface area (Å²) < 4.78 is 8.47. The van der Waals surface area contributed by atoms with Gasteiger partial charge in [0.25, 0.3) is 0 Å². The number of rotatable bonds is 1. The Bertz CT molecular complexity index is 262. The van der Waals surface area contributed by atoms with Crippen LogP contribution in [-0.2, 0) is 23.9 Å². The SMILES string of the molecule is CC(=O)OC1=COC(=O)C1=O. The van der Waals surface area contributed by atoms with Crippen molar-refractivity contribution in [2.75, 3.05) is 0 Å². The summed E-state index contributed by atoms with van der Waals surface area (Å²) in [4.78, 5) is 31.2. The van der Waals surface area contributed by atoms with Gasteiger partial charge in [0, 0.05) is 6.92 Å². The van der Waals surface area contributed by atoms with E-state index in [-0.39, 0.29) is 5.76 Å². The Morgan fingerprint density at radius 1 is 1.55 bits per heavy atom. The van der Waals surface area contributed by atoms with Crippen molar-refractivity contribution >= 4 is 17.7 Å². The van der Waals surface area contributed by atoms with E-state index in [1.807, 2.05) is 0 Å². The molecule has 0 aromatic rings. The topological polar surface area (TPSA) is 69.7 Å². The number of ketones is 1. The summed E-state index contributed by atoms with van der Waals surface area (Å²) in [5, 5.41) is 0. The second-order valence-electron chi connectivity index (χ2n) is 1.81. The average Bonchev–Trinajstić information content (AvgIpc) is 2.18. The third-order valence-corrected chi connectivity index (χ3v) is 0.936. The van der Waals surface area contributed by atoms with Gasteiger partial charge in [-0.05, 0) is 0 Å². The van der Waals surface area contributed by atoms with Gasteiger partial charge >= 0.3 is 17.7 Å². The molecule has 0 aliphatic carbocycles. The molecule has 0 N–H and O–H groups in total. The molecule has 58 valence electrons. The number of carbonyl (C=O) groups is 3. The molecule has 0 radical (unpaired) electrons. The Labute approximate surface area is 61.6 Å². The highest BCUT2D eigenvalue weighted by Crippen LogP contribution is 2.08. The highest BCUT2D eigenvalue weighted by Gasteiger charge is 2.29. The van der Waals surface area contributed by atoms with Crippen LogP contribution in [0.5, 0.6) is 0 Å². The largest absolute Gasteiger partial charge is 0.424 e. The van der Waals surface area contributed by atoms with Crippen molar-refractivity contribution in [2.24, 2.45) is 0 Å². The molecule has 0 spiro atoms. The molecule has 11 heavy (non-hydrogen) atoms. The Kier molecular flexibility index (Phi) is 1.72. The lowest BCUT2D eigenvalue weighted by atomic mass is 10.4. The fourth-order valence-corrected chi connectivity index (χ4v) is 0.540. The molecule has 5 nitrogen and oxygen atoms in total. The molecule has 0 bridgehead atoms. The average molecular weight is 156 g/mol. The van der Waals surface area contributed by atoms with E-state index in [1.54, 1.807) is 0 Å². The van der Waals surface area contributed by atoms with E-state index < -0.39 is 17.7 Å². The minimum atomic E-state index is -1.03. The third kappa shape index (κ3) is 1.43. The molecular weight excluding hydrogens is 152 g/mol. The summed E-state index contributed by atoms with van der Waals surface area (Å²) in [5.74, 6) is -2.98. The molecule has 0 fully saturated rings. The van der Waals surface area contributed by atoms with Gasteiger partial charge in [0.2, 0.25) is 5.76 Å². The van der Waals surface area contributed by atoms with Crippen molar-refractivity contribution in [3.05, 3.63) is 12.0 Å². The second kappa shape index (κ2) is 2.53. The minimum Gasteiger partial charge on any atom is -0.424 e. The normalized spacial score (nSPS) is 15.9. The molecule has 1 aliphatic rings. The Hall–Kier alpha value is -1.65. The molecular formula is C6H4O5. The van der Waals surface area contributed by atoms with E-state index in [2.05, 4.69) is 9.47 Å². The van der Waals surface area contributed by atoms with E-state index in [0.29, 0.717) is 0 Å². The summed E-state index contributed by atoms with van der Waals surface area (Å²) in [6, 6.07) is 0. The zero-order valence-electron chi connectivity index (χ0n) is 5.62. The first kappa shape index (κ1) is 7.46. The molecule has 0 unspecified atom stereocenters. The van der Waals surface area contributed by atoms with Crippen LogP contribution in [0, 0.1) is 0 Å². The monoisotopic (exact) mass is 156 g/mol. The molecule has 5 heteroatoms. The van der Waals surface area contributed by atoms with Crippen molar-refractivity contribution in [3.8, 4) is 0 Å². The molecule has 0 aromatic heterocycles. The molecule has 1 rings (SSSR count). The number of hydrogen-bond donors (Lipinski definition) is 0. The minimum absolute atomic E-state index is 0.359. The zero-order valence-corrected chi connectivity index (χ0v) is 5.62. The lowest BCUT2D eigenvalue weighted by Gasteiger charge is -1.93. The second-order valence-corrected chi connectivity index (χ2v) is 1.81. The Morgan fingerprint density at radius 3 is 2.55 bits per heavy atom. The van der Waals surface area contributed by atoms with Crippen LogP contribution in [0.3, 0.4) is 0 Å². The molecule has 0 saturated heterocycles. The van der Waals surface area contributed by atoms with Crippen LogP contribution >= 0.6 is 0 Å². The highest BCUT2D eigenvalue weighted by molar-refractivity contribution is 6.41. The molecule has 0 amide bonds. The maximum Gasteiger partial charge on any atom is 0.388 e. The van der Waals surface area contributed by atoms with Gasteiger partial charge in [-0.25, -0.2) is 4.79 Å². The first-order valence-electron chi connectivity index (χ1n) is 2.75. The van der Waals surface area contributed by atoms with Gasteiger partial charge < -0.3 is 9.47 Å². The van der Waals surface area contributed by atoms with Crippen molar-refractivity contribution in [1.82, 2.24) is 0 Å². The van der Waals surface area contributed by atoms with E-state index in [9.17, 15) is 14.4 Å². The number of Topliss-reactive ketones (excluding diaryl/α,β-unsaturated/α-hetero) is 1. The summed E-state index contributed by atoms with van der Waals surface area (Å²) in [7, 11) is 0. The van der Waals surface area contributed by atoms with Crippen LogP contribution in [0.4, 0.5) is 0 Å². The van der Waals surface area contributed by atoms with Crippen LogP contribution in [0.1, 0.15) is 6.92 Å². The van der Waals surface area contributed by atoms with Gasteiger partial charge in [-0.1, -0.05) is 0 Å². The van der Waals surface area contributed by atoms with Crippen LogP contribution in [0.25, 0.3) is 0 Å². The fraction of sp³-hybridized carbons (Fsp3) is 0.167. The van der Waals surface area contributed by atoms with Gasteiger partial charge in [-0.15, -0.1) is 0 Å². The lowest BCUT2D eigenvalue weighted by molar-refractivity contribution is -0.147. The molecule has 0 aromatic carbocycles. The molecule has 0 saturated carbocycles. The number of cyclic esters (lactones) is 1. The zero-order chi connectivity index (χ0) is 8.43.